The molecule has 2 atom stereocenters. The predicted molar refractivity (Wildman–Crippen MR) is 86.0 cm³/mol. The standard InChI is InChI=1S/C18H20N2O/c1-21-17-8-13(12-5-3-2-4-6-12)7-15-16-11-19-9-14(16)10-20-18(15)17/h2-8,14,16,19-20H,9-11H2,1H3/t14-,16-/m1/s1. The number of ether oxygens (including phenoxy) is 1. The van der Waals surface area contributed by atoms with Crippen LogP contribution in [-0.4, -0.2) is 26.7 Å². The van der Waals surface area contributed by atoms with Crippen molar-refractivity contribution >= 4 is 5.69 Å². The zero-order valence-electron chi connectivity index (χ0n) is 12.2. The number of methoxy groups -OCH3 is 1. The quantitative estimate of drug-likeness (QED) is 0.887. The number of benzene rings is 2. The Balaban J connectivity index is 1.86. The fourth-order valence-corrected chi connectivity index (χ4v) is 3.62. The first-order valence-corrected chi connectivity index (χ1v) is 7.59. The molecule has 0 aliphatic carbocycles. The Bertz CT molecular complexity index is 654. The van der Waals surface area contributed by atoms with Crippen LogP contribution in [0.25, 0.3) is 11.1 Å². The van der Waals surface area contributed by atoms with Crippen molar-refractivity contribution in [3.05, 3.63) is 48.0 Å². The van der Waals surface area contributed by atoms with Crippen LogP contribution < -0.4 is 15.4 Å². The van der Waals surface area contributed by atoms with Crippen LogP contribution in [0, 0.1) is 5.92 Å². The van der Waals surface area contributed by atoms with Gasteiger partial charge in [-0.05, 0) is 34.7 Å². The number of nitrogens with one attached hydrogen (secondary N) is 2. The Morgan fingerprint density at radius 1 is 1.00 bits per heavy atom. The van der Waals surface area contributed by atoms with E-state index in [1.807, 2.05) is 0 Å². The highest BCUT2D eigenvalue weighted by molar-refractivity contribution is 5.75. The Labute approximate surface area is 125 Å². The van der Waals surface area contributed by atoms with Crippen LogP contribution in [0.1, 0.15) is 11.5 Å². The summed E-state index contributed by atoms with van der Waals surface area (Å²) in [5.41, 5.74) is 5.06. The highest BCUT2D eigenvalue weighted by Crippen LogP contribution is 2.44. The van der Waals surface area contributed by atoms with E-state index in [1.54, 1.807) is 7.11 Å². The van der Waals surface area contributed by atoms with Crippen molar-refractivity contribution in [2.75, 3.05) is 32.1 Å². The molecule has 0 radical (unpaired) electrons. The lowest BCUT2D eigenvalue weighted by Gasteiger charge is -2.30. The third-order valence-electron chi connectivity index (χ3n) is 4.74. The first-order valence-electron chi connectivity index (χ1n) is 7.59. The average molecular weight is 280 g/mol. The Hall–Kier alpha value is -2.00. The van der Waals surface area contributed by atoms with E-state index >= 15 is 0 Å². The first kappa shape index (κ1) is 12.7. The second-order valence-electron chi connectivity index (χ2n) is 5.91. The molecule has 0 spiro atoms. The fraction of sp³-hybridized carbons (Fsp3) is 0.333. The molecule has 2 heterocycles. The third-order valence-corrected chi connectivity index (χ3v) is 4.74. The van der Waals surface area contributed by atoms with Crippen LogP contribution in [0.3, 0.4) is 0 Å². The largest absolute Gasteiger partial charge is 0.495 e. The predicted octanol–water partition coefficient (Wildman–Crippen LogP) is 3.09. The van der Waals surface area contributed by atoms with Crippen molar-refractivity contribution in [2.24, 2.45) is 5.92 Å². The van der Waals surface area contributed by atoms with Crippen molar-refractivity contribution in [1.82, 2.24) is 5.32 Å². The minimum Gasteiger partial charge on any atom is -0.495 e. The highest BCUT2D eigenvalue weighted by Gasteiger charge is 2.34. The van der Waals surface area contributed by atoms with Gasteiger partial charge in [-0.15, -0.1) is 0 Å². The number of fused-ring (bicyclic) bond motifs is 3. The summed E-state index contributed by atoms with van der Waals surface area (Å²) in [5, 5.41) is 7.09. The molecule has 0 bridgehead atoms. The smallest absolute Gasteiger partial charge is 0.142 e. The molecular weight excluding hydrogens is 260 g/mol. The molecule has 2 aliphatic heterocycles. The van der Waals surface area contributed by atoms with Crippen molar-refractivity contribution in [3.8, 4) is 16.9 Å². The Morgan fingerprint density at radius 3 is 2.67 bits per heavy atom. The zero-order valence-corrected chi connectivity index (χ0v) is 12.2. The zero-order chi connectivity index (χ0) is 14.2. The van der Waals surface area contributed by atoms with Gasteiger partial charge in [0.2, 0.25) is 0 Å². The fourth-order valence-electron chi connectivity index (χ4n) is 3.62. The number of rotatable bonds is 2. The van der Waals surface area contributed by atoms with Crippen molar-refractivity contribution in [2.45, 2.75) is 5.92 Å². The van der Waals surface area contributed by atoms with Crippen molar-refractivity contribution in [3.63, 3.8) is 0 Å². The molecule has 2 aliphatic rings. The van der Waals surface area contributed by atoms with Crippen LogP contribution in [0.2, 0.25) is 0 Å². The second kappa shape index (κ2) is 5.08. The van der Waals surface area contributed by atoms with Gasteiger partial charge in [-0.25, -0.2) is 0 Å². The Kier molecular flexibility index (Phi) is 3.08. The molecule has 0 saturated carbocycles. The van der Waals surface area contributed by atoms with E-state index in [0.29, 0.717) is 11.8 Å². The van der Waals surface area contributed by atoms with E-state index in [2.05, 4.69) is 53.1 Å². The van der Waals surface area contributed by atoms with Crippen LogP contribution in [-0.2, 0) is 0 Å². The van der Waals surface area contributed by atoms with E-state index < -0.39 is 0 Å². The van der Waals surface area contributed by atoms with Gasteiger partial charge in [0.1, 0.15) is 5.75 Å². The Morgan fingerprint density at radius 2 is 1.86 bits per heavy atom. The molecule has 108 valence electrons. The second-order valence-corrected chi connectivity index (χ2v) is 5.91. The van der Waals surface area contributed by atoms with Crippen LogP contribution in [0.5, 0.6) is 5.75 Å². The molecule has 3 heteroatoms. The van der Waals surface area contributed by atoms with E-state index in [-0.39, 0.29) is 0 Å². The molecule has 0 unspecified atom stereocenters. The summed E-state index contributed by atoms with van der Waals surface area (Å²) in [4.78, 5) is 0. The van der Waals surface area contributed by atoms with E-state index in [4.69, 9.17) is 4.74 Å². The molecule has 1 saturated heterocycles. The summed E-state index contributed by atoms with van der Waals surface area (Å²) in [7, 11) is 1.76. The van der Waals surface area contributed by atoms with Gasteiger partial charge >= 0.3 is 0 Å². The van der Waals surface area contributed by atoms with Crippen LogP contribution in [0.4, 0.5) is 5.69 Å². The summed E-state index contributed by atoms with van der Waals surface area (Å²) in [5.74, 6) is 2.24. The normalized spacial score (nSPS) is 23.1. The molecule has 2 aromatic carbocycles. The molecular formula is C18H20N2O. The summed E-state index contributed by atoms with van der Waals surface area (Å²) in [6, 6.07) is 15.0. The minimum atomic E-state index is 0.596. The SMILES string of the molecule is COc1cc(-c2ccccc2)cc2c1NC[C@H]1CNC[C@@H]21. The van der Waals surface area contributed by atoms with Gasteiger partial charge in [-0.1, -0.05) is 30.3 Å². The summed E-state index contributed by atoms with van der Waals surface area (Å²) >= 11 is 0. The van der Waals surface area contributed by atoms with Gasteiger partial charge in [0.15, 0.2) is 0 Å². The average Bonchev–Trinajstić information content (AvgIpc) is 3.03. The maximum atomic E-state index is 5.64. The lowest BCUT2D eigenvalue weighted by Crippen LogP contribution is -2.27. The maximum Gasteiger partial charge on any atom is 0.142 e. The maximum absolute atomic E-state index is 5.64. The van der Waals surface area contributed by atoms with Gasteiger partial charge in [-0.3, -0.25) is 0 Å². The molecule has 0 amide bonds. The minimum absolute atomic E-state index is 0.596. The molecule has 1 fully saturated rings. The lowest BCUT2D eigenvalue weighted by molar-refractivity contribution is 0.412. The molecule has 4 rings (SSSR count). The van der Waals surface area contributed by atoms with E-state index in [1.165, 1.54) is 22.4 Å². The summed E-state index contributed by atoms with van der Waals surface area (Å²) in [6.45, 7) is 3.21. The van der Waals surface area contributed by atoms with Gasteiger partial charge in [0, 0.05) is 25.6 Å². The number of hydrogen-bond acceptors (Lipinski definition) is 3. The van der Waals surface area contributed by atoms with Gasteiger partial charge < -0.3 is 15.4 Å². The van der Waals surface area contributed by atoms with Gasteiger partial charge in [-0.2, -0.15) is 0 Å². The van der Waals surface area contributed by atoms with Crippen molar-refractivity contribution in [1.29, 1.82) is 0 Å². The van der Waals surface area contributed by atoms with E-state index in [0.717, 1.165) is 25.4 Å². The lowest BCUT2D eigenvalue weighted by atomic mass is 9.83. The molecule has 21 heavy (non-hydrogen) atoms. The molecule has 0 aromatic heterocycles. The highest BCUT2D eigenvalue weighted by atomic mass is 16.5. The molecule has 2 aromatic rings. The number of anilines is 1. The van der Waals surface area contributed by atoms with E-state index in [9.17, 15) is 0 Å². The number of hydrogen-bond donors (Lipinski definition) is 2. The molecule has 2 N–H and O–H groups in total. The monoisotopic (exact) mass is 280 g/mol. The topological polar surface area (TPSA) is 33.3 Å². The van der Waals surface area contributed by atoms with Crippen molar-refractivity contribution < 1.29 is 4.74 Å². The summed E-state index contributed by atoms with van der Waals surface area (Å²) in [6.07, 6.45) is 0. The van der Waals surface area contributed by atoms with Crippen LogP contribution >= 0.6 is 0 Å². The van der Waals surface area contributed by atoms with Gasteiger partial charge in [0.05, 0.1) is 12.8 Å². The van der Waals surface area contributed by atoms with Crippen LogP contribution in [0.15, 0.2) is 42.5 Å². The molecule has 3 nitrogen and oxygen atoms in total. The summed E-state index contributed by atoms with van der Waals surface area (Å²) < 4.78 is 5.64. The first-order chi connectivity index (χ1) is 10.4. The van der Waals surface area contributed by atoms with Gasteiger partial charge in [0.25, 0.3) is 0 Å². The third kappa shape index (κ3) is 2.09.